The molecule has 0 unspecified atom stereocenters. The Morgan fingerprint density at radius 3 is 1.07 bits per heavy atom. The van der Waals surface area contributed by atoms with Crippen LogP contribution in [0, 0.1) is 21.7 Å². The lowest BCUT2D eigenvalue weighted by Crippen LogP contribution is -2.51. The Morgan fingerprint density at radius 2 is 0.752 bits per heavy atom. The number of hydrogen-bond donors (Lipinski definition) is 7. The number of methoxy groups -OCH3 is 1. The van der Waals surface area contributed by atoms with E-state index in [1.807, 2.05) is 45.9 Å². The van der Waals surface area contributed by atoms with E-state index in [0.717, 1.165) is 133 Å². The number of anilines is 7. The number of aromatic nitrogens is 11. The van der Waals surface area contributed by atoms with Gasteiger partial charge in [-0.25, -0.2) is 34.9 Å². The fraction of sp³-hybridized carbons (Fsp3) is 0.543. The molecule has 1 saturated carbocycles. The number of nitrogens with zero attached hydrogens (tertiary/aromatic N) is 15. The van der Waals surface area contributed by atoms with Crippen molar-refractivity contribution in [3.05, 3.63) is 140 Å². The molecule has 17 rings (SSSR count). The highest BCUT2D eigenvalue weighted by Gasteiger charge is 2.52. The van der Waals surface area contributed by atoms with Crippen LogP contribution < -0.4 is 86.3 Å². The van der Waals surface area contributed by atoms with Gasteiger partial charge in [0.05, 0.1) is 122 Å². The molecule has 9 fully saturated rings. The smallest absolute Gasteiger partial charge is 0.268 e. The van der Waals surface area contributed by atoms with Crippen molar-refractivity contribution in [2.75, 3.05) is 122 Å². The Hall–Kier alpha value is -6.88. The number of nitrogen functional groups attached to an aromatic ring is 2. The van der Waals surface area contributed by atoms with Gasteiger partial charge in [-0.15, -0.1) is 0 Å². The van der Waals surface area contributed by atoms with E-state index >= 15 is 0 Å². The predicted octanol–water partition coefficient (Wildman–Crippen LogP) is 10.3. The molecule has 13 N–H and O–H groups in total. The van der Waals surface area contributed by atoms with Gasteiger partial charge in [0.15, 0.2) is 5.15 Å². The topological polar surface area (TPSA) is 405 Å². The monoisotopic (exact) mass is 1830 g/mol. The first-order chi connectivity index (χ1) is 57.8. The molecular weight excluding hydrogens is 1730 g/mol. The summed E-state index contributed by atoms with van der Waals surface area (Å²) in [6, 6.07) is 11.3. The van der Waals surface area contributed by atoms with E-state index in [9.17, 15) is 19.2 Å². The lowest BCUT2D eigenvalue weighted by atomic mass is 9.73. The quantitative estimate of drug-likeness (QED) is 0.0469. The van der Waals surface area contributed by atoms with E-state index in [0.29, 0.717) is 106 Å². The molecule has 1 aromatic carbocycles. The number of hydrogen-bond acceptors (Lipinski definition) is 31. The molecule has 7 aromatic heterocycles. The molecule has 4 spiro atoms. The van der Waals surface area contributed by atoms with Gasteiger partial charge in [0.25, 0.3) is 22.2 Å². The zero-order valence-electron chi connectivity index (χ0n) is 69.1. The lowest BCUT2D eigenvalue weighted by molar-refractivity contribution is 0.0972. The molecule has 0 amide bonds. The van der Waals surface area contributed by atoms with Crippen molar-refractivity contribution in [1.29, 1.82) is 0 Å². The van der Waals surface area contributed by atoms with Gasteiger partial charge in [0.1, 0.15) is 23.2 Å². The second-order valence-electron chi connectivity index (χ2n) is 32.9. The standard InChI is InChI=1S/C22H29ClN6O2S.C21H27ClN4O3S.C19H24Cl2N6O2S.C19H25ClN6O2S/c1-13-18(24)22(12-31-13)6-9-29(10-7-22)21-26-11-16(20(30)28(21)2)32-15-5-8-25-19(17(15)23)27-14-3-4-14;1-13-18(23)21(12-29-13)7-9-26(10-8-21)20-24-11-16(19(27)25(20)2)30-15-6-4-5-14(28-3)17(15)22;1-10-15(23)19(9-29-10)3-5-27(6-4-19)18-24-8-12(17(28)26(18)2)30-11-7-13(22)25-16(21)14(11)20;1-11-15(21)19(10-28-11)4-7-26(8-5-19)18-24-9-13(17(27)25(18)2)29-12-3-6-23-16(22)14(12)20/h5,8,11,13-14,18H,3-4,6-7,9-10,12,24H2,1-2H3,(H,25,27);4-6,11,13,18H,7-10,12,23H2,1-3H3;7-8,10,15H,3-6,9,23H2,1-2H3,(H2,22,25);3,6,9,11,15H,4-5,7-8,10,21H2,1-2H3,(H2,22,23)/t2*13-,18+;10-,15+;11-,15+/m0000/s1. The summed E-state index contributed by atoms with van der Waals surface area (Å²) in [6.07, 6.45) is 19.8. The second-order valence-corrected chi connectivity index (χ2v) is 39.1. The molecule has 31 nitrogen and oxygen atoms in total. The molecule has 121 heavy (non-hydrogen) atoms. The molecule has 0 radical (unpaired) electrons. The molecule has 8 aliphatic heterocycles. The normalized spacial score (nSPS) is 23.8. The Morgan fingerprint density at radius 1 is 0.430 bits per heavy atom. The van der Waals surface area contributed by atoms with Crippen molar-refractivity contribution in [3.8, 4) is 5.75 Å². The van der Waals surface area contributed by atoms with Gasteiger partial charge in [0.2, 0.25) is 23.8 Å². The minimum atomic E-state index is -0.164. The number of halogens is 5. The molecule has 9 aliphatic rings. The Labute approximate surface area is 744 Å². The van der Waals surface area contributed by atoms with Crippen molar-refractivity contribution in [2.45, 2.75) is 186 Å². The van der Waals surface area contributed by atoms with Crippen LogP contribution in [0.1, 0.15) is 91.9 Å². The van der Waals surface area contributed by atoms with E-state index in [1.54, 1.807) is 109 Å². The van der Waals surface area contributed by atoms with Gasteiger partial charge < -0.3 is 83.0 Å². The summed E-state index contributed by atoms with van der Waals surface area (Å²) < 4.78 is 34.9. The minimum Gasteiger partial charge on any atom is -0.495 e. The van der Waals surface area contributed by atoms with Crippen molar-refractivity contribution >= 4 is 146 Å². The lowest BCUT2D eigenvalue weighted by Gasteiger charge is -2.41. The molecule has 652 valence electrons. The Bertz CT molecular complexity index is 5350. The predicted molar refractivity (Wildman–Crippen MR) is 480 cm³/mol. The molecule has 8 saturated heterocycles. The van der Waals surface area contributed by atoms with Gasteiger partial charge >= 0.3 is 0 Å². The van der Waals surface area contributed by atoms with Gasteiger partial charge in [-0.1, -0.05) is 111 Å². The van der Waals surface area contributed by atoms with Gasteiger partial charge in [-0.3, -0.25) is 37.4 Å². The number of pyridine rings is 3. The Kier molecular flexibility index (Phi) is 28.2. The molecule has 40 heteroatoms. The summed E-state index contributed by atoms with van der Waals surface area (Å²) in [5.74, 6) is 4.39. The summed E-state index contributed by atoms with van der Waals surface area (Å²) in [4.78, 5) is 96.0. The average Bonchev–Trinajstić information content (AvgIpc) is 1.72. The molecule has 15 heterocycles. The summed E-state index contributed by atoms with van der Waals surface area (Å²) in [5, 5.41) is 5.07. The molecule has 0 bridgehead atoms. The molecule has 8 aromatic rings. The van der Waals surface area contributed by atoms with Crippen LogP contribution in [0.5, 0.6) is 5.75 Å². The van der Waals surface area contributed by atoms with Crippen LogP contribution in [0.25, 0.3) is 0 Å². The van der Waals surface area contributed by atoms with Crippen LogP contribution in [-0.4, -0.2) is 194 Å². The minimum absolute atomic E-state index is 0.0157. The fourth-order valence-electron chi connectivity index (χ4n) is 17.3. The second kappa shape index (κ2) is 37.7. The first-order valence-electron chi connectivity index (χ1n) is 40.5. The van der Waals surface area contributed by atoms with E-state index < -0.39 is 0 Å². The number of ether oxygens (including phenoxy) is 5. The molecular formula is C81H105Cl5N22O9S4. The fourth-order valence-corrected chi connectivity index (χ4v) is 22.2. The highest BCUT2D eigenvalue weighted by molar-refractivity contribution is 8.00. The van der Waals surface area contributed by atoms with Crippen LogP contribution in [0.15, 0.2) is 132 Å². The highest BCUT2D eigenvalue weighted by Crippen LogP contribution is 2.48. The third-order valence-electron chi connectivity index (χ3n) is 25.6. The molecule has 1 aliphatic carbocycles. The first-order valence-corrected chi connectivity index (χ1v) is 45.6. The first kappa shape index (κ1) is 90.4. The maximum Gasteiger partial charge on any atom is 0.268 e. The highest BCUT2D eigenvalue weighted by atomic mass is 35.5. The maximum atomic E-state index is 13.1. The number of nitrogens with one attached hydrogen (secondary N) is 1. The van der Waals surface area contributed by atoms with Gasteiger partial charge in [-0.2, -0.15) is 0 Å². The van der Waals surface area contributed by atoms with Crippen LogP contribution in [0.2, 0.25) is 25.2 Å². The number of rotatable bonds is 15. The van der Waals surface area contributed by atoms with Crippen molar-refractivity contribution in [1.82, 2.24) is 53.2 Å². The van der Waals surface area contributed by atoms with Crippen LogP contribution in [0.3, 0.4) is 0 Å². The van der Waals surface area contributed by atoms with E-state index in [4.69, 9.17) is 116 Å². The average molecular weight is 1840 g/mol. The number of piperidine rings is 4. The largest absolute Gasteiger partial charge is 0.495 e. The SMILES string of the molecule is COc1cccc(Sc2cnc(N3CCC4(CC3)CO[C@@H](C)[C@H]4N)n(C)c2=O)c1Cl.C[C@@H]1OCC2(CCN(c3ncc(Sc4cc(N)nc(Cl)c4Cl)c(=O)n3C)CC2)[C@@H]1N.C[C@@H]1OCC2(CCN(c3ncc(Sc4ccnc(N)c4Cl)c(=O)n3C)CC2)[C@@H]1N.C[C@@H]1OCC2(CCN(c3ncc(Sc4ccnc(NC5CC5)c4Cl)c(=O)n3C)CC2)[C@@H]1N. The van der Waals surface area contributed by atoms with Gasteiger partial charge in [0, 0.05) is 164 Å². The summed E-state index contributed by atoms with van der Waals surface area (Å²) >= 11 is 36.4. The zero-order valence-corrected chi connectivity index (χ0v) is 76.1. The van der Waals surface area contributed by atoms with Crippen LogP contribution in [0.4, 0.5) is 41.2 Å². The van der Waals surface area contributed by atoms with Gasteiger partial charge in [-0.05, 0) is 122 Å². The summed E-state index contributed by atoms with van der Waals surface area (Å²) in [7, 11) is 8.58. The zero-order chi connectivity index (χ0) is 86.3. The van der Waals surface area contributed by atoms with Crippen molar-refractivity contribution in [3.63, 3.8) is 0 Å². The van der Waals surface area contributed by atoms with E-state index in [1.165, 1.54) is 47.0 Å². The van der Waals surface area contributed by atoms with Crippen molar-refractivity contribution in [2.24, 2.45) is 72.8 Å². The van der Waals surface area contributed by atoms with Crippen LogP contribution >= 0.6 is 105 Å². The third-order valence-corrected chi connectivity index (χ3v) is 32.2. The maximum absolute atomic E-state index is 13.1. The Balaban J connectivity index is 0.000000132. The number of nitrogens with two attached hydrogens (primary N) is 6. The van der Waals surface area contributed by atoms with E-state index in [-0.39, 0.29) is 114 Å². The number of benzene rings is 1. The third kappa shape index (κ3) is 18.9. The van der Waals surface area contributed by atoms with E-state index in [2.05, 4.69) is 59.8 Å². The summed E-state index contributed by atoms with van der Waals surface area (Å²) in [6.45, 7) is 17.4. The molecule has 8 atom stereocenters. The van der Waals surface area contributed by atoms with Crippen LogP contribution in [-0.2, 0) is 47.1 Å². The van der Waals surface area contributed by atoms with Crippen molar-refractivity contribution < 1.29 is 23.7 Å². The summed E-state index contributed by atoms with van der Waals surface area (Å²) in [5.41, 5.74) is 36.8.